The summed E-state index contributed by atoms with van der Waals surface area (Å²) in [7, 11) is 0. The maximum atomic E-state index is 12.5. The molecule has 0 saturated heterocycles. The Hall–Kier alpha value is -2.57. The molecule has 0 aliphatic carbocycles. The van der Waals surface area contributed by atoms with Gasteiger partial charge in [-0.15, -0.1) is 0 Å². The van der Waals surface area contributed by atoms with Gasteiger partial charge in [0, 0.05) is 24.6 Å². The Labute approximate surface area is 210 Å². The fourth-order valence-corrected chi connectivity index (χ4v) is 4.39. The molecule has 2 unspecified atom stereocenters. The highest BCUT2D eigenvalue weighted by atomic mass is 16.6. The predicted octanol–water partition coefficient (Wildman–Crippen LogP) is 5.19. The van der Waals surface area contributed by atoms with Crippen molar-refractivity contribution in [1.29, 1.82) is 0 Å². The van der Waals surface area contributed by atoms with Gasteiger partial charge in [0.15, 0.2) is 0 Å². The van der Waals surface area contributed by atoms with E-state index in [1.54, 1.807) is 0 Å². The summed E-state index contributed by atoms with van der Waals surface area (Å²) in [6.45, 7) is 13.1. The molecule has 6 heteroatoms. The molecule has 2 aromatic carbocycles. The number of alkyl carbamates (subject to hydrolysis) is 1. The molecule has 0 radical (unpaired) electrons. The summed E-state index contributed by atoms with van der Waals surface area (Å²) >= 11 is 0. The number of amides is 1. The summed E-state index contributed by atoms with van der Waals surface area (Å²) in [4.78, 5) is 12.5. The van der Waals surface area contributed by atoms with E-state index in [4.69, 9.17) is 9.47 Å². The molecule has 0 spiro atoms. The van der Waals surface area contributed by atoms with Crippen LogP contribution < -0.4 is 15.4 Å². The number of ether oxygens (including phenoxy) is 2. The minimum atomic E-state index is -0.799. The van der Waals surface area contributed by atoms with Gasteiger partial charge in [0.05, 0.1) is 18.8 Å². The highest BCUT2D eigenvalue weighted by Gasteiger charge is 2.28. The van der Waals surface area contributed by atoms with Crippen LogP contribution in [0.2, 0.25) is 0 Å². The van der Waals surface area contributed by atoms with Crippen LogP contribution in [-0.4, -0.2) is 42.1 Å². The Kier molecular flexibility index (Phi) is 8.84. The highest BCUT2D eigenvalue weighted by molar-refractivity contribution is 5.68. The Bertz CT molecular complexity index is 963. The molecule has 6 nitrogen and oxygen atoms in total. The molecule has 1 aliphatic heterocycles. The van der Waals surface area contributed by atoms with Crippen LogP contribution >= 0.6 is 0 Å². The van der Waals surface area contributed by atoms with E-state index in [1.165, 1.54) is 5.56 Å². The number of hydrogen-bond acceptors (Lipinski definition) is 5. The molecule has 1 heterocycles. The first-order valence-electron chi connectivity index (χ1n) is 12.6. The van der Waals surface area contributed by atoms with Gasteiger partial charge in [-0.1, -0.05) is 63.2 Å². The maximum absolute atomic E-state index is 12.5. The average molecular weight is 483 g/mol. The molecule has 2 aromatic rings. The van der Waals surface area contributed by atoms with Crippen LogP contribution in [0.4, 0.5) is 4.79 Å². The van der Waals surface area contributed by atoms with Crippen molar-refractivity contribution in [3.8, 4) is 5.75 Å². The number of rotatable bonds is 8. The zero-order valence-electron chi connectivity index (χ0n) is 22.1. The van der Waals surface area contributed by atoms with E-state index in [1.807, 2.05) is 51.1 Å². The van der Waals surface area contributed by atoms with Gasteiger partial charge in [0.2, 0.25) is 0 Å². The molecule has 192 valence electrons. The van der Waals surface area contributed by atoms with Crippen molar-refractivity contribution < 1.29 is 19.4 Å². The molecule has 0 bridgehead atoms. The van der Waals surface area contributed by atoms with E-state index in [-0.39, 0.29) is 11.5 Å². The first-order valence-corrected chi connectivity index (χ1v) is 12.6. The molecule has 0 fully saturated rings. The maximum Gasteiger partial charge on any atom is 0.407 e. The Morgan fingerprint density at radius 2 is 1.80 bits per heavy atom. The standard InChI is InChI=1S/C29H42N2O4/c1-28(2,3)18-21-12-13-26-22(16-21)23(14-15-34-26)30-19-25(32)24(17-20-10-8-7-9-11-20)31-27(33)35-29(4,5)6/h7-13,16,23-25,30,32H,14-15,17-19H2,1-6H3,(H,31,33)/t23?,24?,25-/m1/s1. The van der Waals surface area contributed by atoms with E-state index in [0.29, 0.717) is 19.6 Å². The first-order chi connectivity index (χ1) is 16.4. The van der Waals surface area contributed by atoms with Gasteiger partial charge in [0.25, 0.3) is 0 Å². The lowest BCUT2D eigenvalue weighted by Gasteiger charge is -2.31. The molecule has 3 N–H and O–H groups in total. The normalized spacial score (nSPS) is 17.6. The molecule has 1 amide bonds. The third-order valence-corrected chi connectivity index (χ3v) is 5.89. The Balaban J connectivity index is 1.70. The summed E-state index contributed by atoms with van der Waals surface area (Å²) in [6, 6.07) is 15.9. The number of nitrogens with one attached hydrogen (secondary N) is 2. The number of carbonyl (C=O) groups is 1. The lowest BCUT2D eigenvalue weighted by atomic mass is 9.86. The predicted molar refractivity (Wildman–Crippen MR) is 140 cm³/mol. The third-order valence-electron chi connectivity index (χ3n) is 5.89. The van der Waals surface area contributed by atoms with Crippen molar-refractivity contribution in [2.45, 2.75) is 84.6 Å². The minimum Gasteiger partial charge on any atom is -0.493 e. The smallest absolute Gasteiger partial charge is 0.407 e. The number of benzene rings is 2. The summed E-state index contributed by atoms with van der Waals surface area (Å²) < 4.78 is 11.3. The van der Waals surface area contributed by atoms with Crippen LogP contribution in [0.1, 0.15) is 70.7 Å². The molecule has 0 aromatic heterocycles. The number of fused-ring (bicyclic) bond motifs is 1. The highest BCUT2D eigenvalue weighted by Crippen LogP contribution is 2.34. The monoisotopic (exact) mass is 482 g/mol. The number of carbonyl (C=O) groups excluding carboxylic acids is 1. The number of aliphatic hydroxyl groups is 1. The lowest BCUT2D eigenvalue weighted by molar-refractivity contribution is 0.0418. The summed E-state index contributed by atoms with van der Waals surface area (Å²) in [5, 5.41) is 17.6. The number of hydrogen-bond donors (Lipinski definition) is 3. The van der Waals surface area contributed by atoms with Gasteiger partial charge in [0.1, 0.15) is 11.4 Å². The molecular formula is C29H42N2O4. The Morgan fingerprint density at radius 1 is 1.09 bits per heavy atom. The van der Waals surface area contributed by atoms with Gasteiger partial charge < -0.3 is 25.2 Å². The zero-order valence-corrected chi connectivity index (χ0v) is 22.1. The number of aliphatic hydroxyl groups excluding tert-OH is 1. The van der Waals surface area contributed by atoms with Crippen LogP contribution in [0.15, 0.2) is 48.5 Å². The van der Waals surface area contributed by atoms with Gasteiger partial charge >= 0.3 is 6.09 Å². The van der Waals surface area contributed by atoms with Gasteiger partial charge in [-0.2, -0.15) is 0 Å². The summed E-state index contributed by atoms with van der Waals surface area (Å²) in [6.07, 6.45) is 0.978. The van der Waals surface area contributed by atoms with Crippen LogP contribution in [-0.2, 0) is 17.6 Å². The molecule has 1 aliphatic rings. The van der Waals surface area contributed by atoms with Crippen molar-refractivity contribution in [2.75, 3.05) is 13.2 Å². The fourth-order valence-electron chi connectivity index (χ4n) is 4.39. The van der Waals surface area contributed by atoms with Gasteiger partial charge in [-0.3, -0.25) is 0 Å². The van der Waals surface area contributed by atoms with E-state index in [0.717, 1.165) is 29.7 Å². The van der Waals surface area contributed by atoms with Crippen LogP contribution in [0.5, 0.6) is 5.75 Å². The fraction of sp³-hybridized carbons (Fsp3) is 0.552. The van der Waals surface area contributed by atoms with E-state index < -0.39 is 23.8 Å². The van der Waals surface area contributed by atoms with Crippen LogP contribution in [0.3, 0.4) is 0 Å². The third kappa shape index (κ3) is 8.86. The van der Waals surface area contributed by atoms with Gasteiger partial charge in [-0.05, 0) is 56.2 Å². The molecule has 35 heavy (non-hydrogen) atoms. The topological polar surface area (TPSA) is 79.8 Å². The van der Waals surface area contributed by atoms with Gasteiger partial charge in [-0.25, -0.2) is 4.79 Å². The second-order valence-corrected chi connectivity index (χ2v) is 11.7. The largest absolute Gasteiger partial charge is 0.493 e. The van der Waals surface area contributed by atoms with Crippen molar-refractivity contribution >= 4 is 6.09 Å². The van der Waals surface area contributed by atoms with E-state index >= 15 is 0 Å². The van der Waals surface area contributed by atoms with Crippen LogP contribution in [0, 0.1) is 5.41 Å². The van der Waals surface area contributed by atoms with Crippen molar-refractivity contribution in [3.63, 3.8) is 0 Å². The Morgan fingerprint density at radius 3 is 2.46 bits per heavy atom. The molecular weight excluding hydrogens is 440 g/mol. The molecule has 3 atom stereocenters. The molecule has 0 saturated carbocycles. The average Bonchev–Trinajstić information content (AvgIpc) is 2.75. The van der Waals surface area contributed by atoms with Crippen LogP contribution in [0.25, 0.3) is 0 Å². The van der Waals surface area contributed by atoms with Crippen molar-refractivity contribution in [1.82, 2.24) is 10.6 Å². The zero-order chi connectivity index (χ0) is 25.6. The van der Waals surface area contributed by atoms with E-state index in [2.05, 4.69) is 49.6 Å². The minimum absolute atomic E-state index is 0.0761. The summed E-state index contributed by atoms with van der Waals surface area (Å²) in [5.41, 5.74) is 3.03. The summed E-state index contributed by atoms with van der Waals surface area (Å²) in [5.74, 6) is 0.897. The second kappa shape index (κ2) is 11.4. The lowest BCUT2D eigenvalue weighted by Crippen LogP contribution is -2.50. The quantitative estimate of drug-likeness (QED) is 0.483. The van der Waals surface area contributed by atoms with Crippen molar-refractivity contribution in [3.05, 3.63) is 65.2 Å². The molecule has 3 rings (SSSR count). The second-order valence-electron chi connectivity index (χ2n) is 11.7. The SMILES string of the molecule is CC(C)(C)Cc1ccc2c(c1)C(NC[C@@H](O)C(Cc1ccccc1)NC(=O)OC(C)(C)C)CCO2. The van der Waals surface area contributed by atoms with Crippen molar-refractivity contribution in [2.24, 2.45) is 5.41 Å². The van der Waals surface area contributed by atoms with E-state index in [9.17, 15) is 9.90 Å². The first kappa shape index (κ1) is 27.0.